The van der Waals surface area contributed by atoms with Crippen LogP contribution in [0.3, 0.4) is 0 Å². The number of thioether (sulfide) groups is 1. The summed E-state index contributed by atoms with van der Waals surface area (Å²) in [5.41, 5.74) is 7.69. The minimum Gasteiger partial charge on any atom is -0.394 e. The first-order chi connectivity index (χ1) is 12.6. The second-order valence-corrected chi connectivity index (χ2v) is 8.38. The van der Waals surface area contributed by atoms with Crippen molar-refractivity contribution in [1.82, 2.24) is 15.0 Å². The van der Waals surface area contributed by atoms with E-state index in [9.17, 15) is 5.11 Å². The number of aliphatic hydroxyl groups excluding tert-OH is 1. The Kier molecular flexibility index (Phi) is 6.29. The maximum atomic E-state index is 9.61. The number of fused-ring (bicyclic) bond motifs is 1. The second kappa shape index (κ2) is 8.66. The van der Waals surface area contributed by atoms with E-state index in [-0.39, 0.29) is 17.9 Å². The number of nitrogens with zero attached hydrogens (tertiary/aromatic N) is 3. The Hall–Kier alpha value is -1.90. The molecule has 138 valence electrons. The van der Waals surface area contributed by atoms with Gasteiger partial charge in [-0.15, -0.1) is 0 Å². The molecule has 26 heavy (non-hydrogen) atoms. The Balaban J connectivity index is 1.91. The summed E-state index contributed by atoms with van der Waals surface area (Å²) in [6, 6.07) is 10.2. The molecule has 0 bridgehead atoms. The summed E-state index contributed by atoms with van der Waals surface area (Å²) in [7, 11) is 0. The lowest BCUT2D eigenvalue weighted by Gasteiger charge is -2.17. The van der Waals surface area contributed by atoms with Gasteiger partial charge in [-0.05, 0) is 18.9 Å². The van der Waals surface area contributed by atoms with Gasteiger partial charge in [-0.2, -0.15) is 0 Å². The number of nitrogens with one attached hydrogen (secondary N) is 1. The molecule has 2 heterocycles. The molecular formula is C18H23N5OS2. The van der Waals surface area contributed by atoms with Crippen LogP contribution in [0, 0.1) is 0 Å². The fourth-order valence-corrected chi connectivity index (χ4v) is 4.29. The molecule has 0 aliphatic carbocycles. The van der Waals surface area contributed by atoms with Gasteiger partial charge in [0.15, 0.2) is 21.8 Å². The molecule has 6 nitrogen and oxygen atoms in total. The standard InChI is InChI=1S/C18H23N5OS2/c1-3-7-13(10-24)20-15-14-16(21-17(19)26-14)23-18(22-15)25-11(2)12-8-5-4-6-9-12/h4-6,8-9,11,13,24H,3,7,10H2,1-2H3,(H3,19,20,21,22,23)/t11-,13+/m0/s1. The third-order valence-corrected chi connectivity index (χ3v) is 5.90. The molecule has 0 amide bonds. The summed E-state index contributed by atoms with van der Waals surface area (Å²) in [5, 5.41) is 14.3. The Labute approximate surface area is 161 Å². The molecule has 2 aromatic heterocycles. The van der Waals surface area contributed by atoms with Crippen molar-refractivity contribution in [2.45, 2.75) is 43.1 Å². The van der Waals surface area contributed by atoms with Gasteiger partial charge < -0.3 is 16.2 Å². The maximum absolute atomic E-state index is 9.61. The predicted octanol–water partition coefficient (Wildman–Crippen LogP) is 4.09. The fraction of sp³-hybridized carbons (Fsp3) is 0.389. The molecule has 1 aromatic carbocycles. The Morgan fingerprint density at radius 1 is 1.23 bits per heavy atom. The number of nitrogens with two attached hydrogens (primary N) is 1. The molecule has 0 fully saturated rings. The van der Waals surface area contributed by atoms with E-state index in [0.29, 0.717) is 21.8 Å². The third kappa shape index (κ3) is 4.44. The number of aliphatic hydroxyl groups is 1. The maximum Gasteiger partial charge on any atom is 0.192 e. The van der Waals surface area contributed by atoms with E-state index in [1.54, 1.807) is 11.8 Å². The molecule has 4 N–H and O–H groups in total. The van der Waals surface area contributed by atoms with Crippen LogP contribution in [-0.2, 0) is 0 Å². The van der Waals surface area contributed by atoms with Crippen molar-refractivity contribution >= 4 is 44.4 Å². The van der Waals surface area contributed by atoms with Crippen molar-refractivity contribution in [2.24, 2.45) is 0 Å². The van der Waals surface area contributed by atoms with Gasteiger partial charge in [0.2, 0.25) is 0 Å². The van der Waals surface area contributed by atoms with Crippen molar-refractivity contribution in [3.05, 3.63) is 35.9 Å². The van der Waals surface area contributed by atoms with Crippen molar-refractivity contribution in [3.8, 4) is 0 Å². The number of aromatic nitrogens is 3. The first-order valence-electron chi connectivity index (χ1n) is 8.63. The van der Waals surface area contributed by atoms with Gasteiger partial charge >= 0.3 is 0 Å². The highest BCUT2D eigenvalue weighted by Gasteiger charge is 2.17. The largest absolute Gasteiger partial charge is 0.394 e. The second-order valence-electron chi connectivity index (χ2n) is 6.04. The van der Waals surface area contributed by atoms with Crippen molar-refractivity contribution in [1.29, 1.82) is 0 Å². The van der Waals surface area contributed by atoms with Crippen LogP contribution in [0.5, 0.6) is 0 Å². The number of anilines is 2. The van der Waals surface area contributed by atoms with E-state index < -0.39 is 0 Å². The van der Waals surface area contributed by atoms with Gasteiger partial charge in [-0.3, -0.25) is 0 Å². The number of hydrogen-bond acceptors (Lipinski definition) is 8. The zero-order valence-electron chi connectivity index (χ0n) is 14.8. The smallest absolute Gasteiger partial charge is 0.192 e. The molecule has 0 saturated carbocycles. The normalized spacial score (nSPS) is 13.7. The van der Waals surface area contributed by atoms with Crippen molar-refractivity contribution < 1.29 is 5.11 Å². The highest BCUT2D eigenvalue weighted by atomic mass is 32.2. The zero-order chi connectivity index (χ0) is 18.5. The van der Waals surface area contributed by atoms with Crippen molar-refractivity contribution in [3.63, 3.8) is 0 Å². The number of nitrogen functional groups attached to an aromatic ring is 1. The number of thiazole rings is 1. The first-order valence-corrected chi connectivity index (χ1v) is 10.3. The quantitative estimate of drug-likeness (QED) is 0.394. The summed E-state index contributed by atoms with van der Waals surface area (Å²) in [5.74, 6) is 0.694. The molecule has 3 aromatic rings. The Morgan fingerprint density at radius 3 is 2.69 bits per heavy atom. The van der Waals surface area contributed by atoms with E-state index in [1.165, 1.54) is 16.9 Å². The molecular weight excluding hydrogens is 366 g/mol. The fourth-order valence-electron chi connectivity index (χ4n) is 2.67. The minimum absolute atomic E-state index is 0.0502. The van der Waals surface area contributed by atoms with Gasteiger partial charge in [-0.25, -0.2) is 15.0 Å². The van der Waals surface area contributed by atoms with Crippen LogP contribution in [0.1, 0.15) is 37.5 Å². The van der Waals surface area contributed by atoms with E-state index >= 15 is 0 Å². The van der Waals surface area contributed by atoms with E-state index in [2.05, 4.69) is 41.3 Å². The molecule has 0 aliphatic rings. The number of hydrogen-bond donors (Lipinski definition) is 3. The molecule has 0 unspecified atom stereocenters. The lowest BCUT2D eigenvalue weighted by atomic mass is 10.2. The topological polar surface area (TPSA) is 97.0 Å². The molecule has 8 heteroatoms. The zero-order valence-corrected chi connectivity index (χ0v) is 16.5. The summed E-state index contributed by atoms with van der Waals surface area (Å²) in [6.07, 6.45) is 1.84. The van der Waals surface area contributed by atoms with Gasteiger partial charge in [0.1, 0.15) is 4.70 Å². The number of rotatable bonds is 8. The molecule has 0 saturated heterocycles. The summed E-state index contributed by atoms with van der Waals surface area (Å²) in [6.45, 7) is 4.27. The first kappa shape index (κ1) is 18.9. The van der Waals surface area contributed by atoms with Crippen LogP contribution < -0.4 is 11.1 Å². The molecule has 0 aliphatic heterocycles. The summed E-state index contributed by atoms with van der Waals surface area (Å²) < 4.78 is 0.828. The van der Waals surface area contributed by atoms with Crippen LogP contribution in [-0.4, -0.2) is 32.7 Å². The van der Waals surface area contributed by atoms with Crippen LogP contribution in [0.25, 0.3) is 10.3 Å². The van der Waals surface area contributed by atoms with Gasteiger partial charge in [0.05, 0.1) is 12.6 Å². The Bertz CT molecular complexity index is 855. The van der Waals surface area contributed by atoms with Gasteiger partial charge in [-0.1, -0.05) is 66.8 Å². The molecule has 0 radical (unpaired) electrons. The SMILES string of the molecule is CCC[C@H](CO)Nc1nc(S[C@@H](C)c2ccccc2)nc2nc(N)sc12. The average Bonchev–Trinajstić information content (AvgIpc) is 3.02. The summed E-state index contributed by atoms with van der Waals surface area (Å²) >= 11 is 2.94. The third-order valence-electron chi connectivity index (χ3n) is 4.00. The Morgan fingerprint density at radius 2 is 2.00 bits per heavy atom. The van der Waals surface area contributed by atoms with Crippen LogP contribution in [0.4, 0.5) is 10.9 Å². The monoisotopic (exact) mass is 389 g/mol. The van der Waals surface area contributed by atoms with E-state index in [1.807, 2.05) is 18.2 Å². The van der Waals surface area contributed by atoms with E-state index in [0.717, 1.165) is 17.5 Å². The summed E-state index contributed by atoms with van der Waals surface area (Å²) in [4.78, 5) is 13.6. The average molecular weight is 390 g/mol. The highest BCUT2D eigenvalue weighted by Crippen LogP contribution is 2.36. The predicted molar refractivity (Wildman–Crippen MR) is 110 cm³/mol. The highest BCUT2D eigenvalue weighted by molar-refractivity contribution is 7.99. The van der Waals surface area contributed by atoms with Crippen LogP contribution in [0.15, 0.2) is 35.5 Å². The molecule has 0 spiro atoms. The lowest BCUT2D eigenvalue weighted by Crippen LogP contribution is -2.24. The van der Waals surface area contributed by atoms with Gasteiger partial charge in [0.25, 0.3) is 0 Å². The minimum atomic E-state index is -0.0502. The molecule has 3 rings (SSSR count). The van der Waals surface area contributed by atoms with Crippen LogP contribution >= 0.6 is 23.1 Å². The lowest BCUT2D eigenvalue weighted by molar-refractivity contribution is 0.268. The molecule has 2 atom stereocenters. The van der Waals surface area contributed by atoms with Gasteiger partial charge in [0, 0.05) is 5.25 Å². The van der Waals surface area contributed by atoms with Crippen molar-refractivity contribution in [2.75, 3.05) is 17.7 Å². The van der Waals surface area contributed by atoms with E-state index in [4.69, 9.17) is 10.7 Å². The number of benzene rings is 1. The van der Waals surface area contributed by atoms with Crippen LogP contribution in [0.2, 0.25) is 0 Å².